The van der Waals surface area contributed by atoms with Crippen LogP contribution in [0.2, 0.25) is 0 Å². The van der Waals surface area contributed by atoms with Gasteiger partial charge in [-0.2, -0.15) is 0 Å². The van der Waals surface area contributed by atoms with Gasteiger partial charge in [0.25, 0.3) is 5.92 Å². The van der Waals surface area contributed by atoms with E-state index in [1.807, 2.05) is 4.72 Å². The molecule has 8 nitrogen and oxygen atoms in total. The Morgan fingerprint density at radius 1 is 1.29 bits per heavy atom. The van der Waals surface area contributed by atoms with Gasteiger partial charge in [0, 0.05) is 5.56 Å². The normalized spacial score (nSPS) is 21.9. The number of urea groups is 1. The van der Waals surface area contributed by atoms with Gasteiger partial charge < -0.3 is 15.0 Å². The molecule has 0 spiro atoms. The minimum absolute atomic E-state index is 0.0732. The second-order valence-electron chi connectivity index (χ2n) is 8.88. The lowest BCUT2D eigenvalue weighted by atomic mass is 9.98. The van der Waals surface area contributed by atoms with Crippen LogP contribution in [0.3, 0.4) is 0 Å². The molecule has 0 aliphatic carbocycles. The first kappa shape index (κ1) is 25.2. The molecule has 2 N–H and O–H groups in total. The first-order valence-corrected chi connectivity index (χ1v) is 12.4. The Kier molecular flexibility index (Phi) is 6.43. The molecule has 2 amide bonds. The van der Waals surface area contributed by atoms with Gasteiger partial charge in [-0.25, -0.2) is 40.5 Å². The van der Waals surface area contributed by atoms with Crippen LogP contribution >= 0.6 is 0 Å². The number of nitrogens with one attached hydrogen (secondary N) is 2. The van der Waals surface area contributed by atoms with Gasteiger partial charge in [-0.1, -0.05) is 12.1 Å². The summed E-state index contributed by atoms with van der Waals surface area (Å²) in [6.07, 6.45) is -0.435. The Hall–Kier alpha value is -2.93. The molecule has 4 rings (SSSR count). The van der Waals surface area contributed by atoms with Gasteiger partial charge in [0.15, 0.2) is 11.6 Å². The Bertz CT molecular complexity index is 1270. The average molecular weight is 517 g/mol. The number of nitrogens with zero attached hydrogens (tertiary/aromatic N) is 2. The number of pyridine rings is 1. The van der Waals surface area contributed by atoms with E-state index in [-0.39, 0.29) is 28.5 Å². The largest absolute Gasteiger partial charge is 0.436 e. The fraction of sp³-hybridized carbons (Fsp3) is 0.455. The summed E-state index contributed by atoms with van der Waals surface area (Å²) < 4.78 is 92.5. The van der Waals surface area contributed by atoms with E-state index in [0.29, 0.717) is 0 Å². The van der Waals surface area contributed by atoms with Crippen LogP contribution < -0.4 is 14.8 Å². The number of sulfonamides is 1. The summed E-state index contributed by atoms with van der Waals surface area (Å²) in [6.45, 7) is 2.57. The zero-order valence-corrected chi connectivity index (χ0v) is 19.9. The van der Waals surface area contributed by atoms with Gasteiger partial charge in [0.2, 0.25) is 15.9 Å². The SMILES string of the molecule is Cc1cc(F)c2nc1Oc1cccc(c1F)C[C@H]1[C@@H](NS(=O)(=O)C(C)C)C(F)(F)CN1C(=O)NC2. The molecule has 2 aliphatic heterocycles. The minimum atomic E-state index is -4.17. The van der Waals surface area contributed by atoms with Crippen molar-refractivity contribution in [2.45, 2.75) is 57.0 Å². The van der Waals surface area contributed by atoms with Gasteiger partial charge in [-0.15, -0.1) is 0 Å². The summed E-state index contributed by atoms with van der Waals surface area (Å²) >= 11 is 0. The Morgan fingerprint density at radius 3 is 2.69 bits per heavy atom. The number of benzene rings is 1. The van der Waals surface area contributed by atoms with Crippen LogP contribution in [0.5, 0.6) is 11.6 Å². The molecule has 190 valence electrons. The molecule has 1 aromatic carbocycles. The first-order chi connectivity index (χ1) is 16.3. The molecule has 13 heteroatoms. The molecule has 2 atom stereocenters. The lowest BCUT2D eigenvalue weighted by Crippen LogP contribution is -2.54. The molecule has 2 aromatic rings. The summed E-state index contributed by atoms with van der Waals surface area (Å²) in [5.41, 5.74) is -0.0361. The summed E-state index contributed by atoms with van der Waals surface area (Å²) in [5, 5.41) is 1.33. The third kappa shape index (κ3) is 4.79. The number of carbonyl (C=O) groups is 1. The van der Waals surface area contributed by atoms with Crippen LogP contribution in [0.15, 0.2) is 24.3 Å². The standard InChI is InChI=1S/C22H24F4N4O4S/c1-11(2)35(32,33)29-19-16-8-13-5-4-6-17(18(13)24)34-20-12(3)7-14(23)15(28-20)9-27-21(31)30(16)10-22(19,25)26/h4-7,11,16,19,29H,8-10H2,1-3H3,(H,27,31)/t16-,19+/m0/s1. The minimum Gasteiger partial charge on any atom is -0.436 e. The number of alkyl halides is 2. The topological polar surface area (TPSA) is 101 Å². The van der Waals surface area contributed by atoms with E-state index in [2.05, 4.69) is 10.3 Å². The first-order valence-electron chi connectivity index (χ1n) is 10.8. The molecular formula is C22H24F4N4O4S. The van der Waals surface area contributed by atoms with E-state index < -0.39 is 70.5 Å². The highest BCUT2D eigenvalue weighted by Gasteiger charge is 2.57. The number of carbonyl (C=O) groups excluding carboxylic acids is 1. The van der Waals surface area contributed by atoms with E-state index in [4.69, 9.17) is 4.74 Å². The van der Waals surface area contributed by atoms with E-state index in [1.165, 1.54) is 39.0 Å². The maximum Gasteiger partial charge on any atom is 0.318 e. The van der Waals surface area contributed by atoms with Gasteiger partial charge >= 0.3 is 6.03 Å². The molecule has 0 unspecified atom stereocenters. The van der Waals surface area contributed by atoms with Crippen molar-refractivity contribution in [3.8, 4) is 11.6 Å². The number of halogens is 4. The fourth-order valence-electron chi connectivity index (χ4n) is 4.04. The summed E-state index contributed by atoms with van der Waals surface area (Å²) in [4.78, 5) is 17.7. The molecule has 1 aromatic heterocycles. The molecule has 1 fully saturated rings. The molecule has 4 bridgehead atoms. The maximum atomic E-state index is 15.4. The smallest absolute Gasteiger partial charge is 0.318 e. The second-order valence-corrected chi connectivity index (χ2v) is 11.1. The second kappa shape index (κ2) is 8.94. The van der Waals surface area contributed by atoms with Crippen molar-refractivity contribution in [2.75, 3.05) is 6.54 Å². The number of hydrogen-bond acceptors (Lipinski definition) is 5. The average Bonchev–Trinajstić information content (AvgIpc) is 3.00. The Labute approximate surface area is 199 Å². The molecule has 2 aliphatic rings. The highest BCUT2D eigenvalue weighted by molar-refractivity contribution is 7.90. The summed E-state index contributed by atoms with van der Waals surface area (Å²) in [7, 11) is -4.17. The lowest BCUT2D eigenvalue weighted by Gasteiger charge is -2.29. The van der Waals surface area contributed by atoms with Crippen molar-refractivity contribution < 1.29 is 35.5 Å². The van der Waals surface area contributed by atoms with Crippen LogP contribution in [-0.2, 0) is 23.0 Å². The molecule has 1 saturated heterocycles. The van der Waals surface area contributed by atoms with Gasteiger partial charge in [0.05, 0.1) is 30.1 Å². The molecule has 0 radical (unpaired) electrons. The number of aryl methyl sites for hydroxylation is 1. The van der Waals surface area contributed by atoms with E-state index in [1.54, 1.807) is 0 Å². The Balaban J connectivity index is 1.82. The van der Waals surface area contributed by atoms with Crippen molar-refractivity contribution in [3.05, 3.63) is 52.7 Å². The number of rotatable bonds is 3. The van der Waals surface area contributed by atoms with Crippen LogP contribution in [0, 0.1) is 18.6 Å². The highest BCUT2D eigenvalue weighted by Crippen LogP contribution is 2.37. The van der Waals surface area contributed by atoms with E-state index in [9.17, 15) is 17.6 Å². The number of aromatic nitrogens is 1. The zero-order valence-electron chi connectivity index (χ0n) is 19.1. The number of hydrogen-bond donors (Lipinski definition) is 2. The van der Waals surface area contributed by atoms with Gasteiger partial charge in [-0.05, 0) is 44.9 Å². The van der Waals surface area contributed by atoms with Gasteiger partial charge in [-0.3, -0.25) is 0 Å². The molecule has 0 saturated carbocycles. The Morgan fingerprint density at radius 2 is 2.00 bits per heavy atom. The highest BCUT2D eigenvalue weighted by atomic mass is 32.2. The van der Waals surface area contributed by atoms with Crippen molar-refractivity contribution >= 4 is 16.1 Å². The van der Waals surface area contributed by atoms with E-state index >= 15 is 13.2 Å². The zero-order chi connectivity index (χ0) is 25.7. The fourth-order valence-corrected chi connectivity index (χ4v) is 5.00. The van der Waals surface area contributed by atoms with Crippen molar-refractivity contribution in [1.29, 1.82) is 0 Å². The van der Waals surface area contributed by atoms with Crippen LogP contribution in [0.1, 0.15) is 30.7 Å². The third-order valence-electron chi connectivity index (χ3n) is 6.07. The summed E-state index contributed by atoms with van der Waals surface area (Å²) in [5.74, 6) is -5.68. The van der Waals surface area contributed by atoms with Crippen LogP contribution in [-0.4, -0.2) is 54.1 Å². The van der Waals surface area contributed by atoms with Crippen LogP contribution in [0.25, 0.3) is 0 Å². The third-order valence-corrected chi connectivity index (χ3v) is 7.90. The lowest BCUT2D eigenvalue weighted by molar-refractivity contribution is -0.00462. The summed E-state index contributed by atoms with van der Waals surface area (Å²) in [6, 6.07) is 0.692. The monoisotopic (exact) mass is 516 g/mol. The van der Waals surface area contributed by atoms with Crippen molar-refractivity contribution in [1.82, 2.24) is 19.9 Å². The number of fused-ring (bicyclic) bond motifs is 5. The number of ether oxygens (including phenoxy) is 1. The number of amides is 2. The molecular weight excluding hydrogens is 492 g/mol. The van der Waals surface area contributed by atoms with Gasteiger partial charge in [0.1, 0.15) is 11.9 Å². The van der Waals surface area contributed by atoms with Crippen molar-refractivity contribution in [2.24, 2.45) is 0 Å². The maximum absolute atomic E-state index is 15.4. The quantitative estimate of drug-likeness (QED) is 0.611. The predicted octanol–water partition coefficient (Wildman–Crippen LogP) is 3.24. The van der Waals surface area contributed by atoms with Crippen LogP contribution in [0.4, 0.5) is 22.4 Å². The van der Waals surface area contributed by atoms with Crippen molar-refractivity contribution in [3.63, 3.8) is 0 Å². The molecule has 3 heterocycles. The molecule has 35 heavy (non-hydrogen) atoms. The predicted molar refractivity (Wildman–Crippen MR) is 118 cm³/mol. The van der Waals surface area contributed by atoms with E-state index in [0.717, 1.165) is 11.0 Å².